The molecule has 0 bridgehead atoms. The standard InChI is InChI=1S/C11H24N2O2/c1-10(15-2)6-7-11(14)13-9-5-3-4-8-12/h10H,3-9,12H2,1-2H3,(H,13,14). The van der Waals surface area contributed by atoms with Crippen LogP contribution in [-0.4, -0.2) is 32.2 Å². The summed E-state index contributed by atoms with van der Waals surface area (Å²) in [5.74, 6) is 0.117. The molecule has 0 aromatic rings. The average Bonchev–Trinajstić information content (AvgIpc) is 2.25. The molecule has 0 aliphatic carbocycles. The molecule has 1 amide bonds. The van der Waals surface area contributed by atoms with Crippen molar-refractivity contribution in [3.05, 3.63) is 0 Å². The van der Waals surface area contributed by atoms with Gasteiger partial charge in [-0.2, -0.15) is 0 Å². The number of amides is 1. The molecule has 1 atom stereocenters. The molecule has 0 fully saturated rings. The number of hydrogen-bond acceptors (Lipinski definition) is 3. The van der Waals surface area contributed by atoms with Crippen LogP contribution < -0.4 is 11.1 Å². The fourth-order valence-electron chi connectivity index (χ4n) is 1.21. The van der Waals surface area contributed by atoms with Crippen LogP contribution in [-0.2, 0) is 9.53 Å². The van der Waals surface area contributed by atoms with Crippen molar-refractivity contribution in [2.45, 2.75) is 45.1 Å². The van der Waals surface area contributed by atoms with E-state index in [-0.39, 0.29) is 12.0 Å². The summed E-state index contributed by atoms with van der Waals surface area (Å²) < 4.78 is 5.06. The van der Waals surface area contributed by atoms with Gasteiger partial charge in [-0.1, -0.05) is 6.42 Å². The van der Waals surface area contributed by atoms with E-state index in [1.165, 1.54) is 0 Å². The molecule has 0 aliphatic heterocycles. The van der Waals surface area contributed by atoms with Crippen molar-refractivity contribution in [3.63, 3.8) is 0 Å². The predicted octanol–water partition coefficient (Wildman–Crippen LogP) is 1.05. The van der Waals surface area contributed by atoms with Gasteiger partial charge in [0, 0.05) is 20.1 Å². The lowest BCUT2D eigenvalue weighted by atomic mass is 10.2. The quantitative estimate of drug-likeness (QED) is 0.566. The fraction of sp³-hybridized carbons (Fsp3) is 0.909. The summed E-state index contributed by atoms with van der Waals surface area (Å²) in [7, 11) is 1.66. The van der Waals surface area contributed by atoms with E-state index in [2.05, 4.69) is 5.32 Å². The molecular formula is C11H24N2O2. The Balaban J connectivity index is 3.26. The van der Waals surface area contributed by atoms with Crippen LogP contribution in [0.3, 0.4) is 0 Å². The first-order valence-electron chi connectivity index (χ1n) is 5.70. The van der Waals surface area contributed by atoms with Gasteiger partial charge in [0.1, 0.15) is 0 Å². The van der Waals surface area contributed by atoms with Crippen LogP contribution in [0.5, 0.6) is 0 Å². The Hall–Kier alpha value is -0.610. The van der Waals surface area contributed by atoms with E-state index < -0.39 is 0 Å². The Kier molecular flexibility index (Phi) is 9.52. The Bertz CT molecular complexity index is 163. The van der Waals surface area contributed by atoms with Gasteiger partial charge >= 0.3 is 0 Å². The molecule has 1 unspecified atom stereocenters. The number of rotatable bonds is 9. The van der Waals surface area contributed by atoms with Gasteiger partial charge in [-0.15, -0.1) is 0 Å². The zero-order valence-electron chi connectivity index (χ0n) is 9.92. The lowest BCUT2D eigenvalue weighted by molar-refractivity contribution is -0.121. The van der Waals surface area contributed by atoms with Gasteiger partial charge in [-0.3, -0.25) is 4.79 Å². The van der Waals surface area contributed by atoms with Crippen molar-refractivity contribution >= 4 is 5.91 Å². The Labute approximate surface area is 92.6 Å². The van der Waals surface area contributed by atoms with Gasteiger partial charge in [0.25, 0.3) is 0 Å². The number of unbranched alkanes of at least 4 members (excludes halogenated alkanes) is 2. The molecule has 0 radical (unpaired) electrons. The topological polar surface area (TPSA) is 64.3 Å². The van der Waals surface area contributed by atoms with Crippen LogP contribution in [0.1, 0.15) is 39.0 Å². The maximum atomic E-state index is 11.3. The van der Waals surface area contributed by atoms with Crippen molar-refractivity contribution < 1.29 is 9.53 Å². The van der Waals surface area contributed by atoms with Gasteiger partial charge in [-0.25, -0.2) is 0 Å². The van der Waals surface area contributed by atoms with Crippen LogP contribution in [0.25, 0.3) is 0 Å². The zero-order chi connectivity index (χ0) is 11.5. The number of carbonyl (C=O) groups is 1. The Morgan fingerprint density at radius 3 is 2.73 bits per heavy atom. The van der Waals surface area contributed by atoms with Crippen LogP contribution in [0.2, 0.25) is 0 Å². The minimum absolute atomic E-state index is 0.117. The number of carbonyl (C=O) groups excluding carboxylic acids is 1. The van der Waals surface area contributed by atoms with Gasteiger partial charge in [0.05, 0.1) is 6.10 Å². The molecule has 4 nitrogen and oxygen atoms in total. The summed E-state index contributed by atoms with van der Waals surface area (Å²) in [6, 6.07) is 0. The summed E-state index contributed by atoms with van der Waals surface area (Å²) in [6.07, 6.45) is 4.63. The number of nitrogens with two attached hydrogens (primary N) is 1. The number of hydrogen-bond donors (Lipinski definition) is 2. The van der Waals surface area contributed by atoms with E-state index >= 15 is 0 Å². The van der Waals surface area contributed by atoms with Crippen molar-refractivity contribution in [1.29, 1.82) is 0 Å². The highest BCUT2D eigenvalue weighted by molar-refractivity contribution is 5.75. The highest BCUT2D eigenvalue weighted by Crippen LogP contribution is 1.99. The van der Waals surface area contributed by atoms with Crippen LogP contribution in [0.15, 0.2) is 0 Å². The largest absolute Gasteiger partial charge is 0.382 e. The fourth-order valence-corrected chi connectivity index (χ4v) is 1.21. The Morgan fingerprint density at radius 2 is 2.13 bits per heavy atom. The van der Waals surface area contributed by atoms with Crippen molar-refractivity contribution in [2.24, 2.45) is 5.73 Å². The van der Waals surface area contributed by atoms with Crippen molar-refractivity contribution in [2.75, 3.05) is 20.2 Å². The lowest BCUT2D eigenvalue weighted by Crippen LogP contribution is -2.25. The molecule has 4 heteroatoms. The third-order valence-corrected chi connectivity index (χ3v) is 2.38. The summed E-state index contributed by atoms with van der Waals surface area (Å²) in [5, 5.41) is 2.89. The number of ether oxygens (including phenoxy) is 1. The summed E-state index contributed by atoms with van der Waals surface area (Å²) in [6.45, 7) is 3.47. The molecule has 3 N–H and O–H groups in total. The Morgan fingerprint density at radius 1 is 1.40 bits per heavy atom. The van der Waals surface area contributed by atoms with E-state index in [0.717, 1.165) is 38.8 Å². The second kappa shape index (κ2) is 9.93. The van der Waals surface area contributed by atoms with Gasteiger partial charge in [-0.05, 0) is 32.7 Å². The average molecular weight is 216 g/mol. The second-order valence-electron chi connectivity index (χ2n) is 3.78. The van der Waals surface area contributed by atoms with Crippen LogP contribution >= 0.6 is 0 Å². The maximum absolute atomic E-state index is 11.3. The SMILES string of the molecule is COC(C)CCC(=O)NCCCCCN. The molecule has 0 rings (SSSR count). The third kappa shape index (κ3) is 9.69. The zero-order valence-corrected chi connectivity index (χ0v) is 9.92. The first kappa shape index (κ1) is 14.4. The van der Waals surface area contributed by atoms with Crippen LogP contribution in [0, 0.1) is 0 Å². The van der Waals surface area contributed by atoms with Gasteiger partial charge in [0.15, 0.2) is 0 Å². The molecule has 0 spiro atoms. The summed E-state index contributed by atoms with van der Waals surface area (Å²) in [5.41, 5.74) is 5.37. The van der Waals surface area contributed by atoms with Gasteiger partial charge in [0.2, 0.25) is 5.91 Å². The van der Waals surface area contributed by atoms with Crippen LogP contribution in [0.4, 0.5) is 0 Å². The van der Waals surface area contributed by atoms with E-state index in [1.807, 2.05) is 6.92 Å². The maximum Gasteiger partial charge on any atom is 0.220 e. The van der Waals surface area contributed by atoms with E-state index in [1.54, 1.807) is 7.11 Å². The minimum Gasteiger partial charge on any atom is -0.382 e. The number of methoxy groups -OCH3 is 1. The van der Waals surface area contributed by atoms with Crippen molar-refractivity contribution in [3.8, 4) is 0 Å². The predicted molar refractivity (Wildman–Crippen MR) is 61.6 cm³/mol. The molecule has 0 heterocycles. The van der Waals surface area contributed by atoms with Gasteiger partial charge < -0.3 is 15.8 Å². The monoisotopic (exact) mass is 216 g/mol. The molecular weight excluding hydrogens is 192 g/mol. The molecule has 0 aromatic heterocycles. The second-order valence-corrected chi connectivity index (χ2v) is 3.78. The molecule has 0 aromatic carbocycles. The molecule has 90 valence electrons. The van der Waals surface area contributed by atoms with E-state index in [0.29, 0.717) is 6.42 Å². The third-order valence-electron chi connectivity index (χ3n) is 2.38. The molecule has 0 saturated heterocycles. The van der Waals surface area contributed by atoms with E-state index in [9.17, 15) is 4.79 Å². The highest BCUT2D eigenvalue weighted by Gasteiger charge is 2.04. The summed E-state index contributed by atoms with van der Waals surface area (Å²) >= 11 is 0. The summed E-state index contributed by atoms with van der Waals surface area (Å²) in [4.78, 5) is 11.3. The first-order valence-corrected chi connectivity index (χ1v) is 5.70. The minimum atomic E-state index is 0.117. The lowest BCUT2D eigenvalue weighted by Gasteiger charge is -2.09. The molecule has 15 heavy (non-hydrogen) atoms. The van der Waals surface area contributed by atoms with E-state index in [4.69, 9.17) is 10.5 Å². The highest BCUT2D eigenvalue weighted by atomic mass is 16.5. The molecule has 0 saturated carbocycles. The smallest absolute Gasteiger partial charge is 0.220 e. The normalized spacial score (nSPS) is 12.5. The number of nitrogens with one attached hydrogen (secondary N) is 1. The molecule has 0 aliphatic rings. The first-order chi connectivity index (χ1) is 7.20. The van der Waals surface area contributed by atoms with Crippen molar-refractivity contribution in [1.82, 2.24) is 5.32 Å².